The van der Waals surface area contributed by atoms with E-state index in [1.54, 1.807) is 45.0 Å². The number of methoxy groups -OCH3 is 1. The smallest absolute Gasteiger partial charge is 0.408 e. The van der Waals surface area contributed by atoms with Crippen molar-refractivity contribution in [2.24, 2.45) is 0 Å². The van der Waals surface area contributed by atoms with Crippen LogP contribution in [0, 0.1) is 12.3 Å². The van der Waals surface area contributed by atoms with Gasteiger partial charge < -0.3 is 25.0 Å². The Morgan fingerprint density at radius 3 is 2.15 bits per heavy atom. The molecule has 2 unspecified atom stereocenters. The summed E-state index contributed by atoms with van der Waals surface area (Å²) in [6.45, 7) is 10.3. The first-order chi connectivity index (χ1) is 19.2. The number of carbonyl (C=O) groups is 4. The minimum absolute atomic E-state index is 0.141. The number of nitrogens with zero attached hydrogens (tertiary/aromatic N) is 1. The first kappa shape index (κ1) is 32.9. The summed E-state index contributed by atoms with van der Waals surface area (Å²) in [7, 11) is 1.21. The van der Waals surface area contributed by atoms with Gasteiger partial charge in [0, 0.05) is 17.5 Å². The van der Waals surface area contributed by atoms with E-state index in [1.807, 2.05) is 51.1 Å². The molecule has 220 valence electrons. The molecule has 0 bridgehead atoms. The Labute approximate surface area is 243 Å². The van der Waals surface area contributed by atoms with E-state index in [9.17, 15) is 19.2 Å². The number of nitrogens with one attached hydrogen (secondary N) is 2. The monoisotopic (exact) mass is 563 g/mol. The Balaban J connectivity index is 2.70. The number of ether oxygens (including phenoxy) is 2. The zero-order valence-electron chi connectivity index (χ0n) is 24.9. The van der Waals surface area contributed by atoms with Crippen LogP contribution in [-0.2, 0) is 30.3 Å². The van der Waals surface area contributed by atoms with Crippen molar-refractivity contribution in [2.45, 2.75) is 77.6 Å². The molecule has 2 atom stereocenters. The molecule has 0 fully saturated rings. The first-order valence-electron chi connectivity index (χ1n) is 13.5. The van der Waals surface area contributed by atoms with Gasteiger partial charge in [0.1, 0.15) is 24.2 Å². The van der Waals surface area contributed by atoms with Gasteiger partial charge >= 0.3 is 12.1 Å². The van der Waals surface area contributed by atoms with Crippen LogP contribution in [-0.4, -0.2) is 59.6 Å². The molecule has 2 rings (SSSR count). The summed E-state index contributed by atoms with van der Waals surface area (Å²) in [5.41, 5.74) is -0.0733. The molecule has 2 aromatic carbocycles. The third-order valence-corrected chi connectivity index (χ3v) is 6.58. The molecule has 0 aromatic heterocycles. The van der Waals surface area contributed by atoms with Crippen LogP contribution in [0.4, 0.5) is 4.79 Å². The number of hydrogen-bond acceptors (Lipinski definition) is 6. The molecule has 0 aliphatic heterocycles. The van der Waals surface area contributed by atoms with E-state index in [1.165, 1.54) is 12.0 Å². The number of esters is 1. The molecule has 2 N–H and O–H groups in total. The minimum Gasteiger partial charge on any atom is -0.468 e. The third-order valence-electron chi connectivity index (χ3n) is 6.58. The third kappa shape index (κ3) is 9.38. The van der Waals surface area contributed by atoms with E-state index in [0.29, 0.717) is 17.5 Å². The van der Waals surface area contributed by atoms with Crippen molar-refractivity contribution in [2.75, 3.05) is 13.7 Å². The molecule has 9 heteroatoms. The van der Waals surface area contributed by atoms with Crippen molar-refractivity contribution in [3.05, 3.63) is 71.3 Å². The maximum absolute atomic E-state index is 14.6. The van der Waals surface area contributed by atoms with Crippen molar-refractivity contribution < 1.29 is 28.7 Å². The van der Waals surface area contributed by atoms with Crippen LogP contribution >= 0.6 is 0 Å². The summed E-state index contributed by atoms with van der Waals surface area (Å²) in [4.78, 5) is 54.7. The lowest BCUT2D eigenvalue weighted by Gasteiger charge is -2.44. The molecule has 0 saturated carbocycles. The molecule has 2 aromatic rings. The van der Waals surface area contributed by atoms with E-state index in [-0.39, 0.29) is 6.42 Å². The SMILES string of the molecule is C#Cc1ccccc1C(C(=O)NCC(=O)OC)N(C(=O)C(Cc1ccccc1)NC(=O)OC(C)(C)C)C(C)(C)CC. The molecule has 0 heterocycles. The number of alkyl carbamates (subject to hydrolysis) is 1. The minimum atomic E-state index is -1.23. The number of amides is 3. The van der Waals surface area contributed by atoms with Gasteiger partial charge in [-0.25, -0.2) is 4.79 Å². The van der Waals surface area contributed by atoms with Crippen molar-refractivity contribution in [1.29, 1.82) is 0 Å². The van der Waals surface area contributed by atoms with Crippen LogP contribution in [0.25, 0.3) is 0 Å². The molecule has 9 nitrogen and oxygen atoms in total. The molecule has 0 aliphatic carbocycles. The molecule has 3 amide bonds. The van der Waals surface area contributed by atoms with E-state index >= 15 is 0 Å². The van der Waals surface area contributed by atoms with Crippen molar-refractivity contribution in [1.82, 2.24) is 15.5 Å². The molecule has 0 aliphatic rings. The van der Waals surface area contributed by atoms with Crippen molar-refractivity contribution >= 4 is 23.9 Å². The number of rotatable bonds is 11. The highest BCUT2D eigenvalue weighted by Gasteiger charge is 2.43. The van der Waals surface area contributed by atoms with Crippen LogP contribution in [0.15, 0.2) is 54.6 Å². The molecule has 0 spiro atoms. The molecule has 0 saturated heterocycles. The number of hydrogen-bond donors (Lipinski definition) is 2. The van der Waals surface area contributed by atoms with Crippen LogP contribution in [0.3, 0.4) is 0 Å². The summed E-state index contributed by atoms with van der Waals surface area (Å²) >= 11 is 0. The van der Waals surface area contributed by atoms with E-state index in [0.717, 1.165) is 5.56 Å². The molecular weight excluding hydrogens is 522 g/mol. The van der Waals surface area contributed by atoms with Gasteiger partial charge in [-0.1, -0.05) is 61.4 Å². The topological polar surface area (TPSA) is 114 Å². The molecular formula is C32H41N3O6. The van der Waals surface area contributed by atoms with Gasteiger partial charge in [-0.15, -0.1) is 6.42 Å². The van der Waals surface area contributed by atoms with Gasteiger partial charge in [-0.2, -0.15) is 0 Å². The Morgan fingerprint density at radius 2 is 1.59 bits per heavy atom. The molecule has 41 heavy (non-hydrogen) atoms. The summed E-state index contributed by atoms with van der Waals surface area (Å²) in [5.74, 6) is 0.810. The van der Waals surface area contributed by atoms with Gasteiger partial charge in [0.2, 0.25) is 11.8 Å². The average molecular weight is 564 g/mol. The fraction of sp³-hybridized carbons (Fsp3) is 0.438. The average Bonchev–Trinajstić information content (AvgIpc) is 2.93. The quantitative estimate of drug-likeness (QED) is 0.314. The predicted molar refractivity (Wildman–Crippen MR) is 157 cm³/mol. The molecule has 0 radical (unpaired) electrons. The van der Waals surface area contributed by atoms with Gasteiger partial charge in [-0.3, -0.25) is 14.4 Å². The van der Waals surface area contributed by atoms with Crippen LogP contribution in [0.2, 0.25) is 0 Å². The highest BCUT2D eigenvalue weighted by atomic mass is 16.6. The van der Waals surface area contributed by atoms with Gasteiger partial charge in [-0.05, 0) is 58.2 Å². The van der Waals surface area contributed by atoms with Crippen LogP contribution < -0.4 is 10.6 Å². The van der Waals surface area contributed by atoms with E-state index in [2.05, 4.69) is 21.3 Å². The second-order valence-corrected chi connectivity index (χ2v) is 11.2. The maximum Gasteiger partial charge on any atom is 0.408 e. The first-order valence-corrected chi connectivity index (χ1v) is 13.5. The van der Waals surface area contributed by atoms with E-state index in [4.69, 9.17) is 11.2 Å². The summed E-state index contributed by atoms with van der Waals surface area (Å²) in [5, 5.41) is 5.32. The fourth-order valence-electron chi connectivity index (χ4n) is 4.21. The lowest BCUT2D eigenvalue weighted by molar-refractivity contribution is -0.150. The normalized spacial score (nSPS) is 12.7. The summed E-state index contributed by atoms with van der Waals surface area (Å²) < 4.78 is 10.2. The number of terminal acetylenes is 1. The Morgan fingerprint density at radius 1 is 0.976 bits per heavy atom. The second-order valence-electron chi connectivity index (χ2n) is 11.2. The summed E-state index contributed by atoms with van der Waals surface area (Å²) in [6, 6.07) is 13.7. The predicted octanol–water partition coefficient (Wildman–Crippen LogP) is 4.15. The number of benzene rings is 2. The standard InChI is InChI=1S/C32H41N3O6/c1-9-23-18-14-15-19-24(23)27(28(37)33-21-26(36)40-8)35(32(6,7)10-2)29(38)25(20-22-16-12-11-13-17-22)34-30(39)41-31(3,4)5/h1,11-19,25,27H,10,20-21H2,2-8H3,(H,33,37)(H,34,39). The zero-order valence-corrected chi connectivity index (χ0v) is 24.9. The zero-order chi connectivity index (χ0) is 30.8. The van der Waals surface area contributed by atoms with Crippen LogP contribution in [0.5, 0.6) is 0 Å². The lowest BCUT2D eigenvalue weighted by atomic mass is 9.89. The van der Waals surface area contributed by atoms with Crippen molar-refractivity contribution in [3.8, 4) is 12.3 Å². The largest absolute Gasteiger partial charge is 0.468 e. The highest BCUT2D eigenvalue weighted by molar-refractivity contribution is 5.94. The highest BCUT2D eigenvalue weighted by Crippen LogP contribution is 2.34. The summed E-state index contributed by atoms with van der Waals surface area (Å²) in [6.07, 6.45) is 5.64. The van der Waals surface area contributed by atoms with E-state index < -0.39 is 53.6 Å². The van der Waals surface area contributed by atoms with Gasteiger partial charge in [0.05, 0.1) is 7.11 Å². The fourth-order valence-corrected chi connectivity index (χ4v) is 4.21. The van der Waals surface area contributed by atoms with Crippen LogP contribution in [0.1, 0.15) is 70.7 Å². The Bertz CT molecular complexity index is 1260. The lowest BCUT2D eigenvalue weighted by Crippen LogP contribution is -2.60. The van der Waals surface area contributed by atoms with Gasteiger partial charge in [0.15, 0.2) is 0 Å². The Kier molecular flexibility index (Phi) is 11.5. The number of carbonyl (C=O) groups excluding carboxylic acids is 4. The second kappa shape index (κ2) is 14.4. The Hall–Kier alpha value is -4.32. The van der Waals surface area contributed by atoms with Gasteiger partial charge in [0.25, 0.3) is 0 Å². The van der Waals surface area contributed by atoms with Crippen molar-refractivity contribution in [3.63, 3.8) is 0 Å². The maximum atomic E-state index is 14.6.